The second kappa shape index (κ2) is 15.1. The molecule has 2 aliphatic rings. The first-order chi connectivity index (χ1) is 19.1. The van der Waals surface area contributed by atoms with Gasteiger partial charge in [-0.15, -0.1) is 11.6 Å². The Balaban J connectivity index is 0.000000150. The predicted octanol–water partition coefficient (Wildman–Crippen LogP) is 5.12. The van der Waals surface area contributed by atoms with Gasteiger partial charge in [0.05, 0.1) is 5.50 Å². The third kappa shape index (κ3) is 9.28. The summed E-state index contributed by atoms with van der Waals surface area (Å²) < 4.78 is 0. The summed E-state index contributed by atoms with van der Waals surface area (Å²) in [4.78, 5) is 19.6. The van der Waals surface area contributed by atoms with E-state index >= 15 is 0 Å². The molecule has 4 heterocycles. The van der Waals surface area contributed by atoms with E-state index in [1.165, 1.54) is 19.3 Å². The van der Waals surface area contributed by atoms with Gasteiger partial charge in [0.2, 0.25) is 0 Å². The summed E-state index contributed by atoms with van der Waals surface area (Å²) in [5.41, 5.74) is 13.7. The van der Waals surface area contributed by atoms with Gasteiger partial charge in [-0.3, -0.25) is 0 Å². The number of anilines is 2. The summed E-state index contributed by atoms with van der Waals surface area (Å²) in [6.45, 7) is 3.09. The summed E-state index contributed by atoms with van der Waals surface area (Å²) >= 11 is 5.72. The lowest BCUT2D eigenvalue weighted by atomic mass is 10.1. The van der Waals surface area contributed by atoms with Gasteiger partial charge in [-0.2, -0.15) is 0 Å². The van der Waals surface area contributed by atoms with Crippen LogP contribution in [0.25, 0.3) is 22.8 Å². The lowest BCUT2D eigenvalue weighted by Crippen LogP contribution is -2.40. The number of nitrogen functional groups attached to an aromatic ring is 1. The van der Waals surface area contributed by atoms with Gasteiger partial charge in [-0.25, -0.2) is 19.9 Å². The van der Waals surface area contributed by atoms with Crippen LogP contribution in [0.15, 0.2) is 85.2 Å². The number of rotatable bonds is 3. The Morgan fingerprint density at radius 1 is 0.795 bits per heavy atom. The van der Waals surface area contributed by atoms with Crippen LogP contribution >= 0.6 is 11.6 Å². The van der Waals surface area contributed by atoms with Crippen LogP contribution in [0.2, 0.25) is 0 Å². The summed E-state index contributed by atoms with van der Waals surface area (Å²) in [7, 11) is 0. The minimum Gasteiger partial charge on any atom is -0.384 e. The average Bonchev–Trinajstić information content (AvgIpc) is 2.99. The molecule has 2 aromatic heterocycles. The molecule has 2 aliphatic heterocycles. The van der Waals surface area contributed by atoms with E-state index in [0.29, 0.717) is 17.7 Å². The van der Waals surface area contributed by atoms with Crippen molar-refractivity contribution in [2.75, 3.05) is 30.3 Å². The lowest BCUT2D eigenvalue weighted by Gasteiger charge is -2.28. The van der Waals surface area contributed by atoms with E-state index in [9.17, 15) is 0 Å². The molecule has 204 valence electrons. The van der Waals surface area contributed by atoms with E-state index < -0.39 is 0 Å². The van der Waals surface area contributed by atoms with E-state index in [1.54, 1.807) is 12.4 Å². The zero-order valence-electron chi connectivity index (χ0n) is 22.2. The van der Waals surface area contributed by atoms with Crippen LogP contribution in [0, 0.1) is 0 Å². The topological polar surface area (TPSA) is 119 Å². The standard InChI is InChI=1S/C15H18N4.C10H8N2.C5H11ClN2/c16-13-11-14(19-9-5-2-6-10-19)18-15(17-13)12-7-3-1-4-8-12;1-2-5-9(6-3-1)10-11-7-4-8-12-10;6-5-3-4(7)1-2-8-5/h1,3-4,7-8,11H,2,5-6,9-10H2,(H2,16,17,18);1-8H;4-5,8H,1-3,7H2. The summed E-state index contributed by atoms with van der Waals surface area (Å²) in [6.07, 6.45) is 9.22. The Kier molecular flexibility index (Phi) is 11.0. The predicted molar refractivity (Wildman–Crippen MR) is 160 cm³/mol. The molecule has 2 aromatic carbocycles. The van der Waals surface area contributed by atoms with Gasteiger partial charge in [0.15, 0.2) is 11.6 Å². The molecule has 6 rings (SSSR count). The number of piperidine rings is 2. The highest BCUT2D eigenvalue weighted by Gasteiger charge is 2.15. The van der Waals surface area contributed by atoms with Crippen molar-refractivity contribution in [3.8, 4) is 22.8 Å². The van der Waals surface area contributed by atoms with Crippen molar-refractivity contribution < 1.29 is 0 Å². The van der Waals surface area contributed by atoms with Crippen LogP contribution in [0.5, 0.6) is 0 Å². The lowest BCUT2D eigenvalue weighted by molar-refractivity contribution is 0.430. The summed E-state index contributed by atoms with van der Waals surface area (Å²) in [5.74, 6) is 2.97. The first-order valence-corrected chi connectivity index (χ1v) is 13.9. The highest BCUT2D eigenvalue weighted by atomic mass is 35.5. The van der Waals surface area contributed by atoms with Gasteiger partial charge in [-0.05, 0) is 44.7 Å². The Labute approximate surface area is 235 Å². The van der Waals surface area contributed by atoms with Crippen LogP contribution in [-0.4, -0.2) is 51.1 Å². The minimum absolute atomic E-state index is 0.110. The molecule has 0 saturated carbocycles. The van der Waals surface area contributed by atoms with Gasteiger partial charge in [0.1, 0.15) is 11.6 Å². The smallest absolute Gasteiger partial charge is 0.163 e. The number of nitrogens with one attached hydrogen (secondary N) is 1. The molecule has 5 N–H and O–H groups in total. The summed E-state index contributed by atoms with van der Waals surface area (Å²) in [6, 6.07) is 23.9. The molecule has 4 aromatic rings. The molecule has 8 nitrogen and oxygen atoms in total. The SMILES string of the molecule is NC1CCNC(Cl)C1.Nc1cc(N2CCCCC2)nc(-c2ccccc2)n1.c1ccc(-c2ncccn2)cc1. The number of hydrogen-bond donors (Lipinski definition) is 3. The third-order valence-electron chi connectivity index (χ3n) is 6.43. The normalized spacial score (nSPS) is 18.7. The second-order valence-corrected chi connectivity index (χ2v) is 10.1. The van der Waals surface area contributed by atoms with Gasteiger partial charge >= 0.3 is 0 Å². The quantitative estimate of drug-likeness (QED) is 0.240. The number of nitrogens with zero attached hydrogens (tertiary/aromatic N) is 5. The van der Waals surface area contributed by atoms with Crippen LogP contribution in [0.1, 0.15) is 32.1 Å². The van der Waals surface area contributed by atoms with Gasteiger partial charge in [0, 0.05) is 48.7 Å². The van der Waals surface area contributed by atoms with Gasteiger partial charge in [-0.1, -0.05) is 60.7 Å². The highest BCUT2D eigenvalue weighted by molar-refractivity contribution is 6.20. The maximum Gasteiger partial charge on any atom is 0.163 e. The maximum absolute atomic E-state index is 5.93. The Hall–Kier alpha value is -3.59. The molecule has 0 radical (unpaired) electrons. The van der Waals surface area contributed by atoms with Crippen LogP contribution in [0.3, 0.4) is 0 Å². The van der Waals surface area contributed by atoms with E-state index in [2.05, 4.69) is 30.2 Å². The molecule has 2 atom stereocenters. The van der Waals surface area contributed by atoms with Crippen molar-refractivity contribution in [2.45, 2.75) is 43.6 Å². The molecule has 2 fully saturated rings. The largest absolute Gasteiger partial charge is 0.384 e. The van der Waals surface area contributed by atoms with Crippen LogP contribution in [0.4, 0.5) is 11.6 Å². The van der Waals surface area contributed by atoms with Crippen molar-refractivity contribution in [1.82, 2.24) is 25.3 Å². The number of aromatic nitrogens is 4. The molecule has 0 spiro atoms. The van der Waals surface area contributed by atoms with E-state index in [1.807, 2.05) is 72.8 Å². The zero-order valence-corrected chi connectivity index (χ0v) is 22.9. The Bertz CT molecular complexity index is 1190. The average molecular weight is 545 g/mol. The zero-order chi connectivity index (χ0) is 27.3. The Morgan fingerprint density at radius 2 is 1.41 bits per heavy atom. The fourth-order valence-electron chi connectivity index (χ4n) is 4.38. The molecule has 0 amide bonds. The third-order valence-corrected chi connectivity index (χ3v) is 6.77. The van der Waals surface area contributed by atoms with Crippen LogP contribution in [-0.2, 0) is 0 Å². The number of alkyl halides is 1. The van der Waals surface area contributed by atoms with Crippen molar-refractivity contribution in [3.63, 3.8) is 0 Å². The minimum atomic E-state index is 0.110. The van der Waals surface area contributed by atoms with Crippen molar-refractivity contribution in [2.24, 2.45) is 5.73 Å². The number of benzene rings is 2. The summed E-state index contributed by atoms with van der Waals surface area (Å²) in [5, 5.41) is 3.10. The molecule has 0 aliphatic carbocycles. The monoisotopic (exact) mass is 544 g/mol. The molecular weight excluding hydrogens is 508 g/mol. The highest BCUT2D eigenvalue weighted by Crippen LogP contribution is 2.23. The van der Waals surface area contributed by atoms with Gasteiger partial charge in [0.25, 0.3) is 0 Å². The molecule has 9 heteroatoms. The number of halogens is 1. The van der Waals surface area contributed by atoms with Crippen molar-refractivity contribution in [3.05, 3.63) is 85.2 Å². The number of hydrogen-bond acceptors (Lipinski definition) is 8. The fraction of sp³-hybridized carbons (Fsp3) is 0.333. The molecule has 2 unspecified atom stereocenters. The van der Waals surface area contributed by atoms with E-state index in [-0.39, 0.29) is 5.50 Å². The molecule has 2 saturated heterocycles. The molecule has 39 heavy (non-hydrogen) atoms. The van der Waals surface area contributed by atoms with Crippen LogP contribution < -0.4 is 21.7 Å². The number of nitrogens with two attached hydrogens (primary N) is 2. The van der Waals surface area contributed by atoms with E-state index in [4.69, 9.17) is 23.1 Å². The second-order valence-electron chi connectivity index (χ2n) is 9.53. The van der Waals surface area contributed by atoms with E-state index in [0.717, 1.165) is 55.2 Å². The van der Waals surface area contributed by atoms with Crippen molar-refractivity contribution in [1.29, 1.82) is 0 Å². The molecule has 0 bridgehead atoms. The Morgan fingerprint density at radius 3 is 1.97 bits per heavy atom. The fourth-order valence-corrected chi connectivity index (χ4v) is 4.72. The van der Waals surface area contributed by atoms with Gasteiger partial charge < -0.3 is 21.7 Å². The first kappa shape index (κ1) is 28.4. The first-order valence-electron chi connectivity index (χ1n) is 13.5. The van der Waals surface area contributed by atoms with Crippen molar-refractivity contribution >= 4 is 23.2 Å². The molecular formula is C30H37ClN8. The maximum atomic E-state index is 5.93.